The van der Waals surface area contributed by atoms with E-state index in [1.165, 1.54) is 22.7 Å². The molecule has 1 N–H and O–H groups in total. The number of aromatic amines is 1. The SMILES string of the molecule is CCOC(=O)C1CCCN(S(=O)(=O)N2CCc3[nH]nc(C4CC4)c3CC2)C1. The molecule has 1 atom stereocenters. The van der Waals surface area contributed by atoms with Crippen LogP contribution in [0.5, 0.6) is 0 Å². The first-order valence-corrected chi connectivity index (χ1v) is 11.4. The lowest BCUT2D eigenvalue weighted by Gasteiger charge is -2.34. The number of hydrogen-bond donors (Lipinski definition) is 1. The number of H-pyrrole nitrogens is 1. The van der Waals surface area contributed by atoms with Crippen LogP contribution in [0, 0.1) is 5.92 Å². The Bertz CT molecular complexity index is 802. The lowest BCUT2D eigenvalue weighted by molar-refractivity contribution is -0.149. The Kier molecular flexibility index (Phi) is 5.26. The minimum Gasteiger partial charge on any atom is -0.466 e. The smallest absolute Gasteiger partial charge is 0.310 e. The van der Waals surface area contributed by atoms with Crippen LogP contribution in [-0.4, -0.2) is 66.0 Å². The summed E-state index contributed by atoms with van der Waals surface area (Å²) in [6.07, 6.45) is 5.09. The second-order valence-corrected chi connectivity index (χ2v) is 9.62. The molecule has 4 rings (SSSR count). The zero-order valence-electron chi connectivity index (χ0n) is 15.8. The largest absolute Gasteiger partial charge is 0.466 e. The molecule has 9 heteroatoms. The Hall–Kier alpha value is -1.45. The molecule has 3 aliphatic rings. The minimum atomic E-state index is -3.58. The number of hydrogen-bond acceptors (Lipinski definition) is 5. The van der Waals surface area contributed by atoms with E-state index < -0.39 is 10.2 Å². The van der Waals surface area contributed by atoms with Crippen molar-refractivity contribution < 1.29 is 17.9 Å². The van der Waals surface area contributed by atoms with Gasteiger partial charge in [-0.1, -0.05) is 0 Å². The van der Waals surface area contributed by atoms with Crippen LogP contribution in [0.25, 0.3) is 0 Å². The van der Waals surface area contributed by atoms with Gasteiger partial charge in [-0.05, 0) is 44.6 Å². The van der Waals surface area contributed by atoms with Crippen LogP contribution >= 0.6 is 0 Å². The topological polar surface area (TPSA) is 95.6 Å². The monoisotopic (exact) mass is 396 g/mol. The molecule has 0 amide bonds. The predicted octanol–water partition coefficient (Wildman–Crippen LogP) is 1.21. The average Bonchev–Trinajstić information content (AvgIpc) is 3.47. The van der Waals surface area contributed by atoms with Crippen molar-refractivity contribution in [3.63, 3.8) is 0 Å². The fourth-order valence-electron chi connectivity index (χ4n) is 4.18. The molecule has 0 radical (unpaired) electrons. The second-order valence-electron chi connectivity index (χ2n) is 7.70. The van der Waals surface area contributed by atoms with Crippen LogP contribution in [0.2, 0.25) is 0 Å². The molecule has 2 fully saturated rings. The fourth-order valence-corrected chi connectivity index (χ4v) is 5.88. The zero-order chi connectivity index (χ0) is 19.0. The van der Waals surface area contributed by atoms with Gasteiger partial charge in [0.1, 0.15) is 0 Å². The first-order chi connectivity index (χ1) is 13.0. The van der Waals surface area contributed by atoms with E-state index >= 15 is 0 Å². The quantitative estimate of drug-likeness (QED) is 0.755. The molecule has 1 aliphatic carbocycles. The third-order valence-corrected chi connectivity index (χ3v) is 7.83. The number of carbonyl (C=O) groups is 1. The summed E-state index contributed by atoms with van der Waals surface area (Å²) in [4.78, 5) is 12.1. The van der Waals surface area contributed by atoms with E-state index in [2.05, 4.69) is 10.2 Å². The molecule has 1 aromatic rings. The molecule has 2 aliphatic heterocycles. The number of esters is 1. The van der Waals surface area contributed by atoms with E-state index in [1.54, 1.807) is 11.2 Å². The molecular formula is C18H28N4O4S. The van der Waals surface area contributed by atoms with E-state index in [0.29, 0.717) is 57.8 Å². The van der Waals surface area contributed by atoms with Crippen molar-refractivity contribution in [3.05, 3.63) is 17.0 Å². The summed E-state index contributed by atoms with van der Waals surface area (Å²) in [6.45, 7) is 3.69. The highest BCUT2D eigenvalue weighted by atomic mass is 32.2. The molecule has 1 aromatic heterocycles. The predicted molar refractivity (Wildman–Crippen MR) is 99.4 cm³/mol. The number of nitrogens with zero attached hydrogens (tertiary/aromatic N) is 3. The molecule has 0 bridgehead atoms. The average molecular weight is 397 g/mol. The zero-order valence-corrected chi connectivity index (χ0v) is 16.6. The molecule has 0 spiro atoms. The van der Waals surface area contributed by atoms with Gasteiger partial charge in [0.15, 0.2) is 0 Å². The molecule has 0 aromatic carbocycles. The molecule has 1 unspecified atom stereocenters. The van der Waals surface area contributed by atoms with Gasteiger partial charge in [-0.25, -0.2) is 0 Å². The Balaban J connectivity index is 1.45. The van der Waals surface area contributed by atoms with E-state index in [0.717, 1.165) is 11.4 Å². The number of aromatic nitrogens is 2. The van der Waals surface area contributed by atoms with E-state index in [1.807, 2.05) is 0 Å². The standard InChI is InChI=1S/C18H28N4O4S/c1-2-26-18(23)14-4-3-9-22(12-14)27(24,25)21-10-7-15-16(8-11-21)19-20-17(15)13-5-6-13/h13-14H,2-12H2,1H3,(H,19,20). The van der Waals surface area contributed by atoms with Gasteiger partial charge in [0.2, 0.25) is 0 Å². The number of carbonyl (C=O) groups excluding carboxylic acids is 1. The highest BCUT2D eigenvalue weighted by Crippen LogP contribution is 2.41. The summed E-state index contributed by atoms with van der Waals surface area (Å²) in [5, 5.41) is 7.60. The van der Waals surface area contributed by atoms with Crippen molar-refractivity contribution in [2.24, 2.45) is 5.92 Å². The highest BCUT2D eigenvalue weighted by Gasteiger charge is 2.38. The first-order valence-electron chi connectivity index (χ1n) is 9.98. The van der Waals surface area contributed by atoms with Crippen molar-refractivity contribution in [2.75, 3.05) is 32.8 Å². The Labute approximate surface area is 160 Å². The number of fused-ring (bicyclic) bond motifs is 1. The van der Waals surface area contributed by atoms with Crippen molar-refractivity contribution in [3.8, 4) is 0 Å². The van der Waals surface area contributed by atoms with Gasteiger partial charge in [0, 0.05) is 44.2 Å². The molecule has 8 nitrogen and oxygen atoms in total. The van der Waals surface area contributed by atoms with E-state index in [4.69, 9.17) is 4.74 Å². The molecule has 1 saturated heterocycles. The van der Waals surface area contributed by atoms with E-state index in [-0.39, 0.29) is 18.4 Å². The highest BCUT2D eigenvalue weighted by molar-refractivity contribution is 7.86. The van der Waals surface area contributed by atoms with Crippen molar-refractivity contribution >= 4 is 16.2 Å². The first kappa shape index (κ1) is 18.9. The van der Waals surface area contributed by atoms with Gasteiger partial charge in [0.05, 0.1) is 18.2 Å². The molecule has 3 heterocycles. The van der Waals surface area contributed by atoms with Crippen molar-refractivity contribution in [2.45, 2.75) is 51.4 Å². The lowest BCUT2D eigenvalue weighted by Crippen LogP contribution is -2.50. The van der Waals surface area contributed by atoms with Crippen LogP contribution in [0.1, 0.15) is 55.5 Å². The van der Waals surface area contributed by atoms with Crippen molar-refractivity contribution in [1.29, 1.82) is 0 Å². The van der Waals surface area contributed by atoms with Crippen LogP contribution in [0.3, 0.4) is 0 Å². The molecule has 150 valence electrons. The number of rotatable bonds is 5. The summed E-state index contributed by atoms with van der Waals surface area (Å²) in [6, 6.07) is 0. The lowest BCUT2D eigenvalue weighted by atomic mass is 10.0. The summed E-state index contributed by atoms with van der Waals surface area (Å²) in [5.41, 5.74) is 3.44. The van der Waals surface area contributed by atoms with Crippen LogP contribution in [-0.2, 0) is 32.6 Å². The van der Waals surface area contributed by atoms with Crippen LogP contribution in [0.4, 0.5) is 0 Å². The van der Waals surface area contributed by atoms with Crippen LogP contribution < -0.4 is 0 Å². The summed E-state index contributed by atoms with van der Waals surface area (Å²) < 4.78 is 34.5. The van der Waals surface area contributed by atoms with E-state index in [9.17, 15) is 13.2 Å². The summed E-state index contributed by atoms with van der Waals surface area (Å²) in [5.74, 6) is -0.0946. The summed E-state index contributed by atoms with van der Waals surface area (Å²) in [7, 11) is -3.58. The third-order valence-electron chi connectivity index (χ3n) is 5.83. The summed E-state index contributed by atoms with van der Waals surface area (Å²) >= 11 is 0. The maximum Gasteiger partial charge on any atom is 0.310 e. The second kappa shape index (κ2) is 7.52. The van der Waals surface area contributed by atoms with Gasteiger partial charge < -0.3 is 4.74 Å². The number of piperidine rings is 1. The third kappa shape index (κ3) is 3.77. The molecule has 27 heavy (non-hydrogen) atoms. The van der Waals surface area contributed by atoms with Gasteiger partial charge >= 0.3 is 5.97 Å². The van der Waals surface area contributed by atoms with Crippen molar-refractivity contribution in [1.82, 2.24) is 18.8 Å². The number of ether oxygens (including phenoxy) is 1. The maximum absolute atomic E-state index is 13.2. The Morgan fingerprint density at radius 1 is 1.19 bits per heavy atom. The number of nitrogens with one attached hydrogen (secondary N) is 1. The fraction of sp³-hybridized carbons (Fsp3) is 0.778. The van der Waals surface area contributed by atoms with Gasteiger partial charge in [-0.2, -0.15) is 22.1 Å². The van der Waals surface area contributed by atoms with Gasteiger partial charge in [-0.3, -0.25) is 9.89 Å². The maximum atomic E-state index is 13.2. The molecule has 1 saturated carbocycles. The Morgan fingerprint density at radius 2 is 1.96 bits per heavy atom. The minimum absolute atomic E-state index is 0.220. The van der Waals surface area contributed by atoms with Crippen LogP contribution in [0.15, 0.2) is 0 Å². The van der Waals surface area contributed by atoms with Gasteiger partial charge in [-0.15, -0.1) is 0 Å². The van der Waals surface area contributed by atoms with Gasteiger partial charge in [0.25, 0.3) is 10.2 Å². The Morgan fingerprint density at radius 3 is 2.70 bits per heavy atom. The molecular weight excluding hydrogens is 368 g/mol. The normalized spacial score (nSPS) is 25.0.